The molecule has 7 nitrogen and oxygen atoms in total. The van der Waals surface area contributed by atoms with Gasteiger partial charge in [-0.1, -0.05) is 26.0 Å². The molecule has 2 heterocycles. The molecule has 28 heavy (non-hydrogen) atoms. The molecule has 1 atom stereocenters. The third-order valence-corrected chi connectivity index (χ3v) is 6.16. The highest BCUT2D eigenvalue weighted by molar-refractivity contribution is 7.89. The topological polar surface area (TPSA) is 94.0 Å². The van der Waals surface area contributed by atoms with E-state index in [2.05, 4.69) is 14.7 Å². The Morgan fingerprint density at radius 3 is 2.46 bits per heavy atom. The van der Waals surface area contributed by atoms with Crippen molar-refractivity contribution in [3.05, 3.63) is 54.1 Å². The lowest BCUT2D eigenvalue weighted by molar-refractivity contribution is -0.119. The van der Waals surface area contributed by atoms with E-state index >= 15 is 0 Å². The van der Waals surface area contributed by atoms with Crippen LogP contribution in [0.3, 0.4) is 0 Å². The van der Waals surface area contributed by atoms with Gasteiger partial charge in [-0.2, -0.15) is 0 Å². The Morgan fingerprint density at radius 2 is 1.86 bits per heavy atom. The van der Waals surface area contributed by atoms with E-state index in [1.807, 2.05) is 31.4 Å². The molecule has 1 N–H and O–H groups in total. The van der Waals surface area contributed by atoms with Gasteiger partial charge in [0.25, 0.3) is 0 Å². The SMILES string of the molecule is CC(=O)C(NS(=O)(=O)c1ccc(Cn2c(C)nc3ccncc32)cc1)C(C)C. The van der Waals surface area contributed by atoms with E-state index in [0.717, 1.165) is 22.4 Å². The summed E-state index contributed by atoms with van der Waals surface area (Å²) in [6, 6.07) is 7.78. The number of aryl methyl sites for hydroxylation is 1. The highest BCUT2D eigenvalue weighted by atomic mass is 32.2. The fourth-order valence-electron chi connectivity index (χ4n) is 3.17. The number of pyridine rings is 1. The Bertz CT molecular complexity index is 1100. The van der Waals surface area contributed by atoms with Crippen LogP contribution < -0.4 is 4.72 Å². The number of imidazole rings is 1. The first kappa shape index (κ1) is 20.2. The number of aromatic nitrogens is 3. The number of fused-ring (bicyclic) bond motifs is 1. The lowest BCUT2D eigenvalue weighted by Gasteiger charge is -2.19. The molecule has 1 aromatic carbocycles. The minimum atomic E-state index is -3.77. The van der Waals surface area contributed by atoms with Crippen molar-refractivity contribution in [2.45, 2.75) is 45.2 Å². The maximum atomic E-state index is 12.6. The molecule has 1 unspecified atom stereocenters. The molecule has 0 aliphatic carbocycles. The molecule has 8 heteroatoms. The summed E-state index contributed by atoms with van der Waals surface area (Å²) in [5, 5.41) is 0. The van der Waals surface area contributed by atoms with Crippen molar-refractivity contribution >= 4 is 26.8 Å². The number of hydrogen-bond acceptors (Lipinski definition) is 5. The summed E-state index contributed by atoms with van der Waals surface area (Å²) in [6.07, 6.45) is 3.48. The summed E-state index contributed by atoms with van der Waals surface area (Å²) < 4.78 is 29.8. The first-order valence-corrected chi connectivity index (χ1v) is 10.6. The minimum absolute atomic E-state index is 0.127. The summed E-state index contributed by atoms with van der Waals surface area (Å²) in [5.74, 6) is 0.534. The monoisotopic (exact) mass is 400 g/mol. The van der Waals surface area contributed by atoms with Crippen LogP contribution in [0.1, 0.15) is 32.2 Å². The zero-order valence-electron chi connectivity index (χ0n) is 16.4. The van der Waals surface area contributed by atoms with Gasteiger partial charge < -0.3 is 4.57 Å². The fraction of sp³-hybridized carbons (Fsp3) is 0.350. The summed E-state index contributed by atoms with van der Waals surface area (Å²) in [7, 11) is -3.77. The van der Waals surface area contributed by atoms with Gasteiger partial charge >= 0.3 is 0 Å². The van der Waals surface area contributed by atoms with E-state index in [-0.39, 0.29) is 16.6 Å². The number of nitrogens with zero attached hydrogens (tertiary/aromatic N) is 3. The molecular formula is C20H24N4O3S. The molecule has 0 radical (unpaired) electrons. The van der Waals surface area contributed by atoms with Crippen LogP contribution in [0.25, 0.3) is 11.0 Å². The van der Waals surface area contributed by atoms with Gasteiger partial charge in [0.05, 0.1) is 28.2 Å². The average Bonchev–Trinajstić information content (AvgIpc) is 2.95. The molecule has 0 amide bonds. The van der Waals surface area contributed by atoms with Crippen molar-refractivity contribution in [3.63, 3.8) is 0 Å². The largest absolute Gasteiger partial charge is 0.322 e. The molecule has 0 saturated heterocycles. The highest BCUT2D eigenvalue weighted by Crippen LogP contribution is 2.18. The third kappa shape index (κ3) is 4.13. The van der Waals surface area contributed by atoms with E-state index in [1.54, 1.807) is 36.7 Å². The van der Waals surface area contributed by atoms with Crippen molar-refractivity contribution in [1.82, 2.24) is 19.3 Å². The van der Waals surface area contributed by atoms with Gasteiger partial charge in [0, 0.05) is 12.7 Å². The summed E-state index contributed by atoms with van der Waals surface area (Å²) in [5.41, 5.74) is 2.75. The lowest BCUT2D eigenvalue weighted by Crippen LogP contribution is -2.43. The fourth-order valence-corrected chi connectivity index (χ4v) is 4.57. The number of hydrogen-bond donors (Lipinski definition) is 1. The van der Waals surface area contributed by atoms with E-state index in [1.165, 1.54) is 6.92 Å². The van der Waals surface area contributed by atoms with Crippen molar-refractivity contribution in [2.75, 3.05) is 0 Å². The highest BCUT2D eigenvalue weighted by Gasteiger charge is 2.25. The van der Waals surface area contributed by atoms with Crippen molar-refractivity contribution in [1.29, 1.82) is 0 Å². The maximum absolute atomic E-state index is 12.6. The molecule has 2 aromatic heterocycles. The third-order valence-electron chi connectivity index (χ3n) is 4.70. The molecule has 0 spiro atoms. The number of nitrogens with one attached hydrogen (secondary N) is 1. The zero-order chi connectivity index (χ0) is 20.5. The van der Waals surface area contributed by atoms with Gasteiger partial charge in [0.1, 0.15) is 11.6 Å². The van der Waals surface area contributed by atoms with E-state index < -0.39 is 16.1 Å². The van der Waals surface area contributed by atoms with E-state index in [4.69, 9.17) is 0 Å². The first-order valence-electron chi connectivity index (χ1n) is 9.07. The molecule has 0 fully saturated rings. The van der Waals surface area contributed by atoms with Crippen LogP contribution in [0, 0.1) is 12.8 Å². The Hall–Kier alpha value is -2.58. The molecular weight excluding hydrogens is 376 g/mol. The van der Waals surface area contributed by atoms with Crippen LogP contribution >= 0.6 is 0 Å². The number of carbonyl (C=O) groups excluding carboxylic acids is 1. The summed E-state index contributed by atoms with van der Waals surface area (Å²) in [4.78, 5) is 20.5. The molecule has 3 aromatic rings. The van der Waals surface area contributed by atoms with Crippen LogP contribution in [0.15, 0.2) is 47.6 Å². The Labute approximate surface area is 164 Å². The number of ketones is 1. The zero-order valence-corrected chi connectivity index (χ0v) is 17.2. The second kappa shape index (κ2) is 7.81. The van der Waals surface area contributed by atoms with Crippen molar-refractivity contribution < 1.29 is 13.2 Å². The predicted octanol–water partition coefficient (Wildman–Crippen LogP) is 2.68. The maximum Gasteiger partial charge on any atom is 0.241 e. The molecule has 0 aliphatic rings. The Kier molecular flexibility index (Phi) is 5.62. The van der Waals surface area contributed by atoms with Gasteiger partial charge in [0.2, 0.25) is 10.0 Å². The number of benzene rings is 1. The van der Waals surface area contributed by atoms with Gasteiger partial charge in [-0.25, -0.2) is 18.1 Å². The molecule has 0 bridgehead atoms. The summed E-state index contributed by atoms with van der Waals surface area (Å²) >= 11 is 0. The Morgan fingerprint density at radius 1 is 1.18 bits per heavy atom. The van der Waals surface area contributed by atoms with E-state index in [9.17, 15) is 13.2 Å². The van der Waals surface area contributed by atoms with Crippen molar-refractivity contribution in [3.8, 4) is 0 Å². The molecule has 0 aliphatic heterocycles. The van der Waals surface area contributed by atoms with Crippen LogP contribution in [0.2, 0.25) is 0 Å². The quantitative estimate of drug-likeness (QED) is 0.658. The van der Waals surface area contributed by atoms with Gasteiger partial charge in [0.15, 0.2) is 0 Å². The van der Waals surface area contributed by atoms with Gasteiger partial charge in [-0.05, 0) is 43.5 Å². The average molecular weight is 401 g/mol. The second-order valence-electron chi connectivity index (χ2n) is 7.21. The van der Waals surface area contributed by atoms with Crippen LogP contribution in [0.4, 0.5) is 0 Å². The molecule has 0 saturated carbocycles. The van der Waals surface area contributed by atoms with Crippen LogP contribution in [0.5, 0.6) is 0 Å². The van der Waals surface area contributed by atoms with E-state index in [0.29, 0.717) is 6.54 Å². The number of sulfonamides is 1. The lowest BCUT2D eigenvalue weighted by atomic mass is 10.0. The standard InChI is InChI=1S/C20H24N4O3S/c1-13(2)20(14(3)25)23-28(26,27)17-7-5-16(6-8-17)12-24-15(4)22-18-9-10-21-11-19(18)24/h5-11,13,20,23H,12H2,1-4H3. The first-order chi connectivity index (χ1) is 13.2. The van der Waals surface area contributed by atoms with Crippen molar-refractivity contribution in [2.24, 2.45) is 5.92 Å². The normalized spacial score (nSPS) is 13.2. The van der Waals surface area contributed by atoms with Gasteiger partial charge in [-0.15, -0.1) is 0 Å². The predicted molar refractivity (Wildman–Crippen MR) is 107 cm³/mol. The second-order valence-corrected chi connectivity index (χ2v) is 8.92. The summed E-state index contributed by atoms with van der Waals surface area (Å²) in [6.45, 7) is 7.50. The minimum Gasteiger partial charge on any atom is -0.322 e. The Balaban J connectivity index is 1.83. The number of rotatable bonds is 7. The van der Waals surface area contributed by atoms with Crippen LogP contribution in [-0.2, 0) is 21.4 Å². The van der Waals surface area contributed by atoms with Crippen LogP contribution in [-0.4, -0.2) is 34.8 Å². The molecule has 148 valence electrons. The number of carbonyl (C=O) groups is 1. The molecule has 3 rings (SSSR count). The number of Topliss-reactive ketones (excluding diaryl/α,β-unsaturated/α-hetero) is 1. The van der Waals surface area contributed by atoms with Gasteiger partial charge in [-0.3, -0.25) is 9.78 Å². The smallest absolute Gasteiger partial charge is 0.241 e.